The Labute approximate surface area is 60.6 Å². The van der Waals surface area contributed by atoms with Crippen LogP contribution in [0.1, 0.15) is 0 Å². The molecule has 1 saturated heterocycles. The molecule has 4 heteroatoms. The first-order valence-electron chi connectivity index (χ1n) is 3.56. The van der Waals surface area contributed by atoms with Gasteiger partial charge < -0.3 is 20.5 Å². The first kappa shape index (κ1) is 7.94. The summed E-state index contributed by atoms with van der Waals surface area (Å²) in [5, 5.41) is 14.8. The third-order valence-corrected chi connectivity index (χ3v) is 1.54. The summed E-state index contributed by atoms with van der Waals surface area (Å²) in [6, 6.07) is 0.362. The third kappa shape index (κ3) is 2.62. The van der Waals surface area contributed by atoms with Crippen molar-refractivity contribution >= 4 is 0 Å². The van der Waals surface area contributed by atoms with Crippen molar-refractivity contribution in [1.29, 1.82) is 0 Å². The highest BCUT2D eigenvalue weighted by Crippen LogP contribution is 1.87. The lowest BCUT2D eigenvalue weighted by atomic mass is 10.2. The lowest BCUT2D eigenvalue weighted by Gasteiger charge is -2.23. The number of rotatable bonds is 3. The normalized spacial score (nSPS) is 26.7. The van der Waals surface area contributed by atoms with Gasteiger partial charge in [-0.1, -0.05) is 0 Å². The molecule has 4 nitrogen and oxygen atoms in total. The molecule has 1 aliphatic rings. The molecule has 0 bridgehead atoms. The minimum atomic E-state index is -0.182. The van der Waals surface area contributed by atoms with Crippen molar-refractivity contribution in [3.8, 4) is 0 Å². The van der Waals surface area contributed by atoms with Crippen molar-refractivity contribution in [2.75, 3.05) is 33.0 Å². The van der Waals surface area contributed by atoms with Crippen LogP contribution in [0.15, 0.2) is 0 Å². The average molecular weight is 146 g/mol. The van der Waals surface area contributed by atoms with Crippen LogP contribution in [0, 0.1) is 0 Å². The average Bonchev–Trinajstić information content (AvgIpc) is 2.03. The van der Waals surface area contributed by atoms with Gasteiger partial charge in [-0.15, -0.1) is 0 Å². The van der Waals surface area contributed by atoms with E-state index in [1.807, 2.05) is 0 Å². The lowest BCUT2D eigenvalue weighted by molar-refractivity contribution is -0.0120. The Morgan fingerprint density at radius 3 is 3.00 bits per heavy atom. The molecule has 60 valence electrons. The number of hydrogen-bond acceptors (Lipinski definition) is 4. The molecule has 1 aliphatic heterocycles. The van der Waals surface area contributed by atoms with Crippen LogP contribution in [-0.4, -0.2) is 44.2 Å². The van der Waals surface area contributed by atoms with Gasteiger partial charge in [0.1, 0.15) is 6.79 Å². The number of piperazine rings is 1. The fourth-order valence-electron chi connectivity index (χ4n) is 1.03. The van der Waals surface area contributed by atoms with Gasteiger partial charge in [0.05, 0.1) is 6.61 Å². The highest BCUT2D eigenvalue weighted by molar-refractivity contribution is 4.74. The second kappa shape index (κ2) is 4.62. The maximum absolute atomic E-state index is 8.33. The molecule has 0 spiro atoms. The van der Waals surface area contributed by atoms with Crippen molar-refractivity contribution in [3.05, 3.63) is 0 Å². The molecule has 1 rings (SSSR count). The van der Waals surface area contributed by atoms with Crippen molar-refractivity contribution in [1.82, 2.24) is 10.6 Å². The van der Waals surface area contributed by atoms with Crippen LogP contribution < -0.4 is 10.6 Å². The second-order valence-electron chi connectivity index (χ2n) is 2.36. The van der Waals surface area contributed by atoms with E-state index >= 15 is 0 Å². The van der Waals surface area contributed by atoms with Crippen LogP contribution in [0.2, 0.25) is 0 Å². The van der Waals surface area contributed by atoms with Gasteiger partial charge in [0, 0.05) is 25.7 Å². The zero-order chi connectivity index (χ0) is 7.23. The van der Waals surface area contributed by atoms with Crippen LogP contribution >= 0.6 is 0 Å². The summed E-state index contributed by atoms with van der Waals surface area (Å²) in [5.74, 6) is 0. The molecule has 0 saturated carbocycles. The van der Waals surface area contributed by atoms with Gasteiger partial charge in [-0.2, -0.15) is 0 Å². The highest BCUT2D eigenvalue weighted by atomic mass is 16.6. The van der Waals surface area contributed by atoms with E-state index in [-0.39, 0.29) is 6.79 Å². The predicted octanol–water partition coefficient (Wildman–Crippen LogP) is -1.49. The fourth-order valence-corrected chi connectivity index (χ4v) is 1.03. The summed E-state index contributed by atoms with van der Waals surface area (Å²) < 4.78 is 4.83. The van der Waals surface area contributed by atoms with Crippen molar-refractivity contribution in [3.63, 3.8) is 0 Å². The van der Waals surface area contributed by atoms with Gasteiger partial charge >= 0.3 is 0 Å². The molecular formula is C6H14N2O2. The Balaban J connectivity index is 2.02. The highest BCUT2D eigenvalue weighted by Gasteiger charge is 2.10. The van der Waals surface area contributed by atoms with Crippen LogP contribution in [0.25, 0.3) is 0 Å². The molecule has 0 radical (unpaired) electrons. The maximum Gasteiger partial charge on any atom is 0.143 e. The van der Waals surface area contributed by atoms with Gasteiger partial charge in [-0.05, 0) is 0 Å². The Hall–Kier alpha value is -0.160. The largest absolute Gasteiger partial charge is 0.371 e. The van der Waals surface area contributed by atoms with E-state index in [4.69, 9.17) is 9.84 Å². The Kier molecular flexibility index (Phi) is 3.67. The minimum absolute atomic E-state index is 0.182. The van der Waals surface area contributed by atoms with Gasteiger partial charge in [0.25, 0.3) is 0 Å². The summed E-state index contributed by atoms with van der Waals surface area (Å²) in [5.41, 5.74) is 0. The van der Waals surface area contributed by atoms with E-state index in [2.05, 4.69) is 10.6 Å². The number of ether oxygens (including phenoxy) is 1. The molecule has 0 aliphatic carbocycles. The van der Waals surface area contributed by atoms with Gasteiger partial charge in [0.2, 0.25) is 0 Å². The Bertz CT molecular complexity index is 83.8. The summed E-state index contributed by atoms with van der Waals surface area (Å²) in [6.07, 6.45) is 0. The van der Waals surface area contributed by atoms with Gasteiger partial charge in [-0.3, -0.25) is 0 Å². The topological polar surface area (TPSA) is 53.5 Å². The molecule has 0 aromatic rings. The molecule has 0 amide bonds. The summed E-state index contributed by atoms with van der Waals surface area (Å²) in [6.45, 7) is 3.34. The molecule has 1 heterocycles. The Morgan fingerprint density at radius 2 is 2.40 bits per heavy atom. The van der Waals surface area contributed by atoms with Crippen LogP contribution in [-0.2, 0) is 4.74 Å². The molecule has 3 N–H and O–H groups in total. The van der Waals surface area contributed by atoms with Crippen LogP contribution in [0.4, 0.5) is 0 Å². The van der Waals surface area contributed by atoms with E-state index in [1.165, 1.54) is 0 Å². The minimum Gasteiger partial charge on any atom is -0.371 e. The van der Waals surface area contributed by atoms with Crippen molar-refractivity contribution in [2.45, 2.75) is 6.04 Å². The summed E-state index contributed by atoms with van der Waals surface area (Å²) >= 11 is 0. The quantitative estimate of drug-likeness (QED) is 0.425. The zero-order valence-electron chi connectivity index (χ0n) is 5.97. The number of nitrogens with one attached hydrogen (secondary N) is 2. The lowest BCUT2D eigenvalue weighted by Crippen LogP contribution is -2.50. The zero-order valence-corrected chi connectivity index (χ0v) is 5.97. The molecular weight excluding hydrogens is 132 g/mol. The van der Waals surface area contributed by atoms with Crippen molar-refractivity contribution < 1.29 is 9.84 Å². The molecule has 1 atom stereocenters. The van der Waals surface area contributed by atoms with Crippen LogP contribution in [0.3, 0.4) is 0 Å². The summed E-state index contributed by atoms with van der Waals surface area (Å²) in [4.78, 5) is 0. The Morgan fingerprint density at radius 1 is 1.50 bits per heavy atom. The standard InChI is InChI=1S/C6H14N2O2/c9-5-10-4-6-3-7-1-2-8-6/h6-9H,1-5H2. The van der Waals surface area contributed by atoms with Gasteiger partial charge in [-0.25, -0.2) is 0 Å². The molecule has 1 unspecified atom stereocenters. The number of aliphatic hydroxyl groups is 1. The predicted molar refractivity (Wildman–Crippen MR) is 37.7 cm³/mol. The molecule has 10 heavy (non-hydrogen) atoms. The molecule has 0 aromatic heterocycles. The van der Waals surface area contributed by atoms with Gasteiger partial charge in [0.15, 0.2) is 0 Å². The maximum atomic E-state index is 8.33. The third-order valence-electron chi connectivity index (χ3n) is 1.54. The number of hydrogen-bond donors (Lipinski definition) is 3. The first-order chi connectivity index (χ1) is 4.93. The summed E-state index contributed by atoms with van der Waals surface area (Å²) in [7, 11) is 0. The van der Waals surface area contributed by atoms with E-state index in [0.29, 0.717) is 12.6 Å². The molecule has 1 fully saturated rings. The first-order valence-corrected chi connectivity index (χ1v) is 3.56. The monoisotopic (exact) mass is 146 g/mol. The van der Waals surface area contributed by atoms with E-state index in [1.54, 1.807) is 0 Å². The van der Waals surface area contributed by atoms with E-state index in [9.17, 15) is 0 Å². The number of aliphatic hydroxyl groups excluding tert-OH is 1. The van der Waals surface area contributed by atoms with E-state index < -0.39 is 0 Å². The van der Waals surface area contributed by atoms with Crippen molar-refractivity contribution in [2.24, 2.45) is 0 Å². The molecule has 0 aromatic carbocycles. The van der Waals surface area contributed by atoms with Crippen LogP contribution in [0.5, 0.6) is 0 Å². The SMILES string of the molecule is OCOCC1CNCCN1. The fraction of sp³-hybridized carbons (Fsp3) is 1.00. The smallest absolute Gasteiger partial charge is 0.143 e. The second-order valence-corrected chi connectivity index (χ2v) is 2.36. The van der Waals surface area contributed by atoms with E-state index in [0.717, 1.165) is 19.6 Å².